The third kappa shape index (κ3) is 3.57. The molecule has 1 fully saturated rings. The molecule has 6 nitrogen and oxygen atoms in total. The highest BCUT2D eigenvalue weighted by Gasteiger charge is 2.30. The number of thiophene rings is 1. The van der Waals surface area contributed by atoms with Gasteiger partial charge in [0, 0.05) is 16.3 Å². The number of amides is 1. The molecule has 9 heteroatoms. The normalized spacial score (nSPS) is 21.0. The first kappa shape index (κ1) is 17.6. The van der Waals surface area contributed by atoms with Crippen LogP contribution >= 0.6 is 23.1 Å². The van der Waals surface area contributed by atoms with Crippen LogP contribution in [0.1, 0.15) is 23.8 Å². The van der Waals surface area contributed by atoms with E-state index in [0.29, 0.717) is 6.42 Å². The van der Waals surface area contributed by atoms with Crippen LogP contribution in [0.4, 0.5) is 0 Å². The summed E-state index contributed by atoms with van der Waals surface area (Å²) in [4.78, 5) is 23.1. The van der Waals surface area contributed by atoms with Gasteiger partial charge in [-0.05, 0) is 32.8 Å². The Kier molecular flexibility index (Phi) is 4.85. The highest BCUT2D eigenvalue weighted by Crippen LogP contribution is 2.35. The lowest BCUT2D eigenvalue weighted by Gasteiger charge is -2.15. The van der Waals surface area contributed by atoms with Gasteiger partial charge in [0.1, 0.15) is 16.2 Å². The molecule has 0 saturated carbocycles. The topological polar surface area (TPSA) is 89.0 Å². The Balaban J connectivity index is 1.73. The minimum absolute atomic E-state index is 0.0384. The molecule has 0 unspecified atom stereocenters. The van der Waals surface area contributed by atoms with E-state index in [1.54, 1.807) is 11.3 Å². The van der Waals surface area contributed by atoms with E-state index in [9.17, 15) is 13.2 Å². The van der Waals surface area contributed by atoms with Gasteiger partial charge < -0.3 is 5.32 Å². The lowest BCUT2D eigenvalue weighted by molar-refractivity contribution is -0.120. The third-order valence-electron chi connectivity index (χ3n) is 4.17. The first-order valence-electron chi connectivity index (χ1n) is 7.65. The summed E-state index contributed by atoms with van der Waals surface area (Å²) in [5.74, 6) is 0.0364. The van der Waals surface area contributed by atoms with Gasteiger partial charge in [0.15, 0.2) is 9.84 Å². The Morgan fingerprint density at radius 1 is 1.42 bits per heavy atom. The molecule has 2 atom stereocenters. The summed E-state index contributed by atoms with van der Waals surface area (Å²) in [6.45, 7) is 5.90. The second kappa shape index (κ2) is 6.61. The number of hydrogen-bond acceptors (Lipinski definition) is 7. The first-order chi connectivity index (χ1) is 11.3. The Bertz CT molecular complexity index is 892. The fourth-order valence-corrected chi connectivity index (χ4v) is 6.41. The number of aromatic nitrogens is 2. The molecule has 24 heavy (non-hydrogen) atoms. The highest BCUT2D eigenvalue weighted by molar-refractivity contribution is 8.00. The maximum Gasteiger partial charge on any atom is 0.233 e. The van der Waals surface area contributed by atoms with Crippen LogP contribution in [0.25, 0.3) is 10.2 Å². The zero-order valence-corrected chi connectivity index (χ0v) is 16.1. The van der Waals surface area contributed by atoms with E-state index in [0.717, 1.165) is 20.8 Å². The minimum atomic E-state index is -3.00. The zero-order chi connectivity index (χ0) is 17.5. The molecular weight excluding hydrogens is 366 g/mol. The maximum atomic E-state index is 12.4. The SMILES string of the molecule is Cc1sc2ncnc(S[C@H](C)C(=O)N[C@@H]3CCS(=O)(=O)C3)c2c1C. The number of thioether (sulfide) groups is 1. The van der Waals surface area contributed by atoms with Crippen molar-refractivity contribution in [1.82, 2.24) is 15.3 Å². The molecule has 3 rings (SSSR count). The number of hydrogen-bond donors (Lipinski definition) is 1. The van der Waals surface area contributed by atoms with Crippen LogP contribution in [-0.2, 0) is 14.6 Å². The van der Waals surface area contributed by atoms with E-state index in [1.165, 1.54) is 23.0 Å². The second-order valence-electron chi connectivity index (χ2n) is 6.01. The van der Waals surface area contributed by atoms with Crippen LogP contribution in [0.3, 0.4) is 0 Å². The van der Waals surface area contributed by atoms with E-state index in [-0.39, 0.29) is 28.7 Å². The molecule has 3 heterocycles. The third-order valence-corrected chi connectivity index (χ3v) is 8.15. The Hall–Kier alpha value is -1.19. The predicted octanol–water partition coefficient (Wildman–Crippen LogP) is 2.09. The second-order valence-corrected chi connectivity index (χ2v) is 10.8. The van der Waals surface area contributed by atoms with Gasteiger partial charge in [-0.1, -0.05) is 11.8 Å². The molecule has 1 aliphatic rings. The molecule has 0 spiro atoms. The van der Waals surface area contributed by atoms with Crippen molar-refractivity contribution >= 4 is 49.1 Å². The Morgan fingerprint density at radius 3 is 2.83 bits per heavy atom. The summed E-state index contributed by atoms with van der Waals surface area (Å²) in [5, 5.41) is 4.29. The predicted molar refractivity (Wildman–Crippen MR) is 97.4 cm³/mol. The fraction of sp³-hybridized carbons (Fsp3) is 0.533. The molecule has 130 valence electrons. The Labute approximate surface area is 149 Å². The van der Waals surface area contributed by atoms with E-state index in [4.69, 9.17) is 0 Å². The molecule has 0 radical (unpaired) electrons. The van der Waals surface area contributed by atoms with Gasteiger partial charge in [-0.15, -0.1) is 11.3 Å². The molecule has 2 aromatic heterocycles. The van der Waals surface area contributed by atoms with Gasteiger partial charge in [0.25, 0.3) is 0 Å². The molecule has 0 bridgehead atoms. The standard InChI is InChI=1S/C15H19N3O3S3/c1-8-9(2)22-14-12(8)15(17-7-16-14)23-10(3)13(19)18-11-4-5-24(20,21)6-11/h7,10-11H,4-6H2,1-3H3,(H,18,19)/t10-,11-/m1/s1. The number of carbonyl (C=O) groups excluding carboxylic acids is 1. The van der Waals surface area contributed by atoms with E-state index < -0.39 is 9.84 Å². The Morgan fingerprint density at radius 2 is 2.17 bits per heavy atom. The van der Waals surface area contributed by atoms with Crippen molar-refractivity contribution in [3.63, 3.8) is 0 Å². The lowest BCUT2D eigenvalue weighted by atomic mass is 10.2. The number of sulfone groups is 1. The molecule has 1 saturated heterocycles. The quantitative estimate of drug-likeness (QED) is 0.640. The fourth-order valence-electron chi connectivity index (χ4n) is 2.69. The minimum Gasteiger partial charge on any atom is -0.351 e. The van der Waals surface area contributed by atoms with Crippen LogP contribution in [0.2, 0.25) is 0 Å². The van der Waals surface area contributed by atoms with Crippen LogP contribution in [0, 0.1) is 13.8 Å². The molecule has 0 aromatic carbocycles. The van der Waals surface area contributed by atoms with E-state index in [1.807, 2.05) is 20.8 Å². The van der Waals surface area contributed by atoms with Gasteiger partial charge >= 0.3 is 0 Å². The van der Waals surface area contributed by atoms with E-state index in [2.05, 4.69) is 15.3 Å². The van der Waals surface area contributed by atoms with Crippen LogP contribution in [-0.4, -0.2) is 47.1 Å². The van der Waals surface area contributed by atoms with Crippen molar-refractivity contribution in [2.24, 2.45) is 0 Å². The highest BCUT2D eigenvalue weighted by atomic mass is 32.2. The molecular formula is C15H19N3O3S3. The van der Waals surface area contributed by atoms with Gasteiger partial charge in [-0.3, -0.25) is 4.79 Å². The van der Waals surface area contributed by atoms with Gasteiger partial charge in [-0.25, -0.2) is 18.4 Å². The summed E-state index contributed by atoms with van der Waals surface area (Å²) >= 11 is 3.01. The average Bonchev–Trinajstić information content (AvgIpc) is 2.99. The van der Waals surface area contributed by atoms with Crippen molar-refractivity contribution < 1.29 is 13.2 Å². The zero-order valence-electron chi connectivity index (χ0n) is 13.7. The number of fused-ring (bicyclic) bond motifs is 1. The number of nitrogens with zero attached hydrogens (tertiary/aromatic N) is 2. The summed E-state index contributed by atoms with van der Waals surface area (Å²) in [6.07, 6.45) is 2.01. The van der Waals surface area contributed by atoms with Crippen LogP contribution in [0.5, 0.6) is 0 Å². The van der Waals surface area contributed by atoms with Gasteiger partial charge in [0.05, 0.1) is 16.8 Å². The van der Waals surface area contributed by atoms with Crippen LogP contribution < -0.4 is 5.32 Å². The molecule has 1 amide bonds. The van der Waals surface area contributed by atoms with E-state index >= 15 is 0 Å². The summed E-state index contributed by atoms with van der Waals surface area (Å²) < 4.78 is 23.0. The first-order valence-corrected chi connectivity index (χ1v) is 11.2. The summed E-state index contributed by atoms with van der Waals surface area (Å²) in [6, 6.07) is -0.277. The monoisotopic (exact) mass is 385 g/mol. The van der Waals surface area contributed by atoms with Crippen molar-refractivity contribution in [3.8, 4) is 0 Å². The molecule has 1 aliphatic heterocycles. The smallest absolute Gasteiger partial charge is 0.233 e. The van der Waals surface area contributed by atoms with Crippen molar-refractivity contribution in [2.45, 2.75) is 43.5 Å². The number of nitrogens with one attached hydrogen (secondary N) is 1. The largest absolute Gasteiger partial charge is 0.351 e. The number of rotatable bonds is 4. The van der Waals surface area contributed by atoms with Gasteiger partial charge in [-0.2, -0.15) is 0 Å². The average molecular weight is 386 g/mol. The maximum absolute atomic E-state index is 12.4. The van der Waals surface area contributed by atoms with Crippen LogP contribution in [0.15, 0.2) is 11.4 Å². The van der Waals surface area contributed by atoms with Crippen molar-refractivity contribution in [2.75, 3.05) is 11.5 Å². The van der Waals surface area contributed by atoms with Crippen molar-refractivity contribution in [3.05, 3.63) is 16.8 Å². The lowest BCUT2D eigenvalue weighted by Crippen LogP contribution is -2.39. The molecule has 1 N–H and O–H groups in total. The van der Waals surface area contributed by atoms with Crippen molar-refractivity contribution in [1.29, 1.82) is 0 Å². The number of carbonyl (C=O) groups is 1. The van der Waals surface area contributed by atoms with Gasteiger partial charge in [0.2, 0.25) is 5.91 Å². The molecule has 2 aromatic rings. The molecule has 0 aliphatic carbocycles. The summed E-state index contributed by atoms with van der Waals surface area (Å²) in [5.41, 5.74) is 1.15. The number of aryl methyl sites for hydroxylation is 2. The summed E-state index contributed by atoms with van der Waals surface area (Å²) in [7, 11) is -3.00.